The van der Waals surface area contributed by atoms with Crippen molar-refractivity contribution in [1.29, 1.82) is 0 Å². The number of hydrogen-bond acceptors (Lipinski definition) is 2. The summed E-state index contributed by atoms with van der Waals surface area (Å²) in [5, 5.41) is 0.457. The van der Waals surface area contributed by atoms with Crippen molar-refractivity contribution in [1.82, 2.24) is 4.98 Å². The summed E-state index contributed by atoms with van der Waals surface area (Å²) in [6.07, 6.45) is 1.71. The largest absolute Gasteiger partial charge is 0.289 e. The first-order valence-corrected chi connectivity index (χ1v) is 6.95. The number of hydrogen-bond donors (Lipinski definition) is 0. The predicted molar refractivity (Wildman–Crippen MR) is 84.6 cm³/mol. The van der Waals surface area contributed by atoms with Gasteiger partial charge in [0, 0.05) is 22.9 Å². The lowest BCUT2D eigenvalue weighted by atomic mass is 9.96. The molecular weight excluding hydrogens is 282 g/mol. The van der Waals surface area contributed by atoms with Crippen LogP contribution in [0.15, 0.2) is 72.9 Å². The van der Waals surface area contributed by atoms with Crippen molar-refractivity contribution in [3.8, 4) is 11.3 Å². The van der Waals surface area contributed by atoms with Gasteiger partial charge in [-0.1, -0.05) is 54.1 Å². The zero-order valence-corrected chi connectivity index (χ0v) is 11.9. The molecular formula is C18H12ClNO. The van der Waals surface area contributed by atoms with Crippen molar-refractivity contribution in [2.75, 3.05) is 0 Å². The van der Waals surface area contributed by atoms with E-state index in [-0.39, 0.29) is 5.78 Å². The highest BCUT2D eigenvalue weighted by Gasteiger charge is 2.16. The molecule has 0 atom stereocenters. The Balaban J connectivity index is 2.12. The van der Waals surface area contributed by atoms with Gasteiger partial charge in [-0.05, 0) is 24.3 Å². The van der Waals surface area contributed by atoms with Crippen molar-refractivity contribution in [3.63, 3.8) is 0 Å². The lowest BCUT2D eigenvalue weighted by Crippen LogP contribution is -2.04. The fourth-order valence-electron chi connectivity index (χ4n) is 2.22. The quantitative estimate of drug-likeness (QED) is 0.659. The normalized spacial score (nSPS) is 10.3. The van der Waals surface area contributed by atoms with Gasteiger partial charge in [-0.3, -0.25) is 9.78 Å². The van der Waals surface area contributed by atoms with E-state index in [1.807, 2.05) is 48.5 Å². The second-order valence-corrected chi connectivity index (χ2v) is 4.98. The van der Waals surface area contributed by atoms with E-state index in [1.165, 1.54) is 0 Å². The minimum atomic E-state index is -0.0955. The molecule has 0 aliphatic heterocycles. The van der Waals surface area contributed by atoms with Crippen molar-refractivity contribution in [2.45, 2.75) is 0 Å². The van der Waals surface area contributed by atoms with Gasteiger partial charge in [0.15, 0.2) is 5.78 Å². The van der Waals surface area contributed by atoms with E-state index in [0.29, 0.717) is 16.1 Å². The van der Waals surface area contributed by atoms with Crippen LogP contribution in [-0.2, 0) is 0 Å². The number of halogens is 1. The molecule has 102 valence electrons. The molecule has 0 saturated heterocycles. The molecule has 0 radical (unpaired) electrons. The molecule has 0 N–H and O–H groups in total. The molecule has 0 aliphatic rings. The maximum Gasteiger partial charge on any atom is 0.195 e. The van der Waals surface area contributed by atoms with E-state index >= 15 is 0 Å². The molecule has 3 aromatic rings. The van der Waals surface area contributed by atoms with E-state index in [2.05, 4.69) is 4.98 Å². The molecule has 0 bridgehead atoms. The Hall–Kier alpha value is -2.45. The summed E-state index contributed by atoms with van der Waals surface area (Å²) in [6.45, 7) is 0. The van der Waals surface area contributed by atoms with E-state index in [9.17, 15) is 4.79 Å². The first-order valence-electron chi connectivity index (χ1n) is 6.57. The van der Waals surface area contributed by atoms with Crippen LogP contribution < -0.4 is 0 Å². The number of rotatable bonds is 3. The molecule has 2 nitrogen and oxygen atoms in total. The minimum absolute atomic E-state index is 0.0955. The molecule has 0 aliphatic carbocycles. The Morgan fingerprint density at radius 3 is 2.19 bits per heavy atom. The zero-order valence-electron chi connectivity index (χ0n) is 11.2. The third kappa shape index (κ3) is 2.71. The summed E-state index contributed by atoms with van der Waals surface area (Å²) < 4.78 is 0. The van der Waals surface area contributed by atoms with Crippen molar-refractivity contribution >= 4 is 17.4 Å². The van der Waals surface area contributed by atoms with Gasteiger partial charge in [-0.25, -0.2) is 0 Å². The Morgan fingerprint density at radius 2 is 1.48 bits per heavy atom. The highest BCUT2D eigenvalue weighted by molar-refractivity contribution is 6.35. The van der Waals surface area contributed by atoms with Crippen molar-refractivity contribution in [2.24, 2.45) is 0 Å². The van der Waals surface area contributed by atoms with E-state index in [0.717, 1.165) is 11.3 Å². The zero-order chi connectivity index (χ0) is 14.7. The molecule has 1 aromatic heterocycles. The number of carbonyl (C=O) groups excluding carboxylic acids is 1. The van der Waals surface area contributed by atoms with E-state index in [4.69, 9.17) is 11.6 Å². The van der Waals surface area contributed by atoms with Gasteiger partial charge in [-0.15, -0.1) is 0 Å². The summed E-state index contributed by atoms with van der Waals surface area (Å²) in [5.74, 6) is -0.0955. The van der Waals surface area contributed by atoms with Crippen LogP contribution in [0.1, 0.15) is 15.9 Å². The van der Waals surface area contributed by atoms with Crippen LogP contribution in [0.5, 0.6) is 0 Å². The minimum Gasteiger partial charge on any atom is -0.289 e. The smallest absolute Gasteiger partial charge is 0.195 e. The van der Waals surface area contributed by atoms with E-state index in [1.54, 1.807) is 24.4 Å². The molecule has 21 heavy (non-hydrogen) atoms. The van der Waals surface area contributed by atoms with Gasteiger partial charge < -0.3 is 0 Å². The number of benzene rings is 2. The Labute approximate surface area is 128 Å². The predicted octanol–water partition coefficient (Wildman–Crippen LogP) is 4.63. The summed E-state index contributed by atoms with van der Waals surface area (Å²) in [5.41, 5.74) is 2.68. The first kappa shape index (κ1) is 13.5. The fraction of sp³-hybridized carbons (Fsp3) is 0. The SMILES string of the molecule is O=C(c1ccccc1Cl)c1ccccc1-c1ccccn1. The Bertz CT molecular complexity index is 784. The average molecular weight is 294 g/mol. The van der Waals surface area contributed by atoms with Gasteiger partial charge in [0.05, 0.1) is 10.7 Å². The molecule has 1 heterocycles. The van der Waals surface area contributed by atoms with Crippen LogP contribution in [0, 0.1) is 0 Å². The van der Waals surface area contributed by atoms with E-state index < -0.39 is 0 Å². The summed E-state index contributed by atoms with van der Waals surface area (Å²) in [6, 6.07) is 20.1. The van der Waals surface area contributed by atoms with Crippen LogP contribution in [0.25, 0.3) is 11.3 Å². The molecule has 0 saturated carbocycles. The third-order valence-corrected chi connectivity index (χ3v) is 3.56. The van der Waals surface area contributed by atoms with Gasteiger partial charge >= 0.3 is 0 Å². The van der Waals surface area contributed by atoms with Crippen molar-refractivity contribution in [3.05, 3.63) is 89.1 Å². The molecule has 0 unspecified atom stereocenters. The summed E-state index contributed by atoms with van der Waals surface area (Å²) >= 11 is 6.13. The second-order valence-electron chi connectivity index (χ2n) is 4.57. The monoisotopic (exact) mass is 293 g/mol. The molecule has 0 amide bonds. The number of aromatic nitrogens is 1. The number of carbonyl (C=O) groups is 1. The van der Waals surface area contributed by atoms with Crippen LogP contribution >= 0.6 is 11.6 Å². The van der Waals surface area contributed by atoms with Crippen LogP contribution in [0.4, 0.5) is 0 Å². The lowest BCUT2D eigenvalue weighted by Gasteiger charge is -2.09. The van der Waals surface area contributed by atoms with Crippen LogP contribution in [-0.4, -0.2) is 10.8 Å². The van der Waals surface area contributed by atoms with Gasteiger partial charge in [0.1, 0.15) is 0 Å². The highest BCUT2D eigenvalue weighted by atomic mass is 35.5. The lowest BCUT2D eigenvalue weighted by molar-refractivity contribution is 0.103. The van der Waals surface area contributed by atoms with Gasteiger partial charge in [0.25, 0.3) is 0 Å². The molecule has 3 rings (SSSR count). The molecule has 2 aromatic carbocycles. The second kappa shape index (κ2) is 5.90. The first-order chi connectivity index (χ1) is 10.3. The third-order valence-electron chi connectivity index (χ3n) is 3.23. The van der Waals surface area contributed by atoms with Crippen molar-refractivity contribution < 1.29 is 4.79 Å². The van der Waals surface area contributed by atoms with Crippen LogP contribution in [0.3, 0.4) is 0 Å². The van der Waals surface area contributed by atoms with Gasteiger partial charge in [-0.2, -0.15) is 0 Å². The fourth-order valence-corrected chi connectivity index (χ4v) is 2.44. The number of ketones is 1. The maximum atomic E-state index is 12.7. The number of nitrogens with zero attached hydrogens (tertiary/aromatic N) is 1. The molecule has 0 spiro atoms. The Kier molecular flexibility index (Phi) is 3.80. The topological polar surface area (TPSA) is 30.0 Å². The molecule has 0 fully saturated rings. The van der Waals surface area contributed by atoms with Crippen LogP contribution in [0.2, 0.25) is 5.02 Å². The highest BCUT2D eigenvalue weighted by Crippen LogP contribution is 2.26. The number of pyridine rings is 1. The van der Waals surface area contributed by atoms with Gasteiger partial charge in [0.2, 0.25) is 0 Å². The molecule has 3 heteroatoms. The maximum absolute atomic E-state index is 12.7. The average Bonchev–Trinajstić information content (AvgIpc) is 2.55. The Morgan fingerprint density at radius 1 is 0.810 bits per heavy atom. The standard InChI is InChI=1S/C18H12ClNO/c19-16-10-4-3-9-15(16)18(21)14-8-2-1-7-13(14)17-11-5-6-12-20-17/h1-12H. The summed E-state index contributed by atoms with van der Waals surface area (Å²) in [7, 11) is 0. The summed E-state index contributed by atoms with van der Waals surface area (Å²) in [4.78, 5) is 17.1.